The summed E-state index contributed by atoms with van der Waals surface area (Å²) in [6.07, 6.45) is 1.68. The van der Waals surface area contributed by atoms with Crippen molar-refractivity contribution in [1.29, 1.82) is 0 Å². The van der Waals surface area contributed by atoms with Gasteiger partial charge in [-0.05, 0) is 79.3 Å². The van der Waals surface area contributed by atoms with Crippen LogP contribution >= 0.6 is 65.8 Å². The fourth-order valence-electron chi connectivity index (χ4n) is 4.48. The van der Waals surface area contributed by atoms with Crippen LogP contribution in [0.5, 0.6) is 17.2 Å². The lowest BCUT2D eigenvalue weighted by molar-refractivity contribution is -0.145. The molecule has 3 aromatic rings. The quantitative estimate of drug-likeness (QED) is 0.210. The van der Waals surface area contributed by atoms with Crippen molar-refractivity contribution in [2.45, 2.75) is 26.8 Å². The highest BCUT2D eigenvalue weighted by atomic mass is 127. The van der Waals surface area contributed by atoms with Crippen molar-refractivity contribution >= 4 is 83.8 Å². The maximum absolute atomic E-state index is 14.2. The second-order valence-corrected chi connectivity index (χ2v) is 12.9. The van der Waals surface area contributed by atoms with Crippen LogP contribution in [0.25, 0.3) is 6.08 Å². The Hall–Kier alpha value is -2.69. The molecule has 0 N–H and O–H groups in total. The lowest BCUT2D eigenvalue weighted by atomic mass is 9.95. The van der Waals surface area contributed by atoms with E-state index in [1.165, 1.54) is 30.1 Å². The molecule has 1 atom stereocenters. The van der Waals surface area contributed by atoms with Crippen LogP contribution in [-0.2, 0) is 19.1 Å². The number of hydrogen-bond donors (Lipinski definition) is 0. The highest BCUT2D eigenvalue weighted by molar-refractivity contribution is 14.1. The van der Waals surface area contributed by atoms with Crippen molar-refractivity contribution in [2.75, 3.05) is 34.0 Å². The Morgan fingerprint density at radius 3 is 2.40 bits per heavy atom. The van der Waals surface area contributed by atoms with Crippen LogP contribution < -0.4 is 29.1 Å². The molecule has 0 radical (unpaired) electrons. The Morgan fingerprint density at radius 1 is 1.07 bits per heavy atom. The maximum atomic E-state index is 14.2. The summed E-state index contributed by atoms with van der Waals surface area (Å²) in [5.74, 6) is 0.233. The molecule has 0 aliphatic carbocycles. The van der Waals surface area contributed by atoms with Crippen molar-refractivity contribution in [3.8, 4) is 17.2 Å². The molecule has 1 aromatic heterocycles. The molecule has 0 amide bonds. The average molecular weight is 850 g/mol. The standard InChI is InChI=1S/C29H27Br2IN2O8S/c1-6-40-23(35)13-42-26-15(8-16(30)10-19(26)32)9-22-27(36)34-25(17-11-20(38-4)21(39-5)12-18(17)31)24(28(37)41-7-2)14(3)33-29(34)43-22/h8-12,25H,6-7,13H2,1-5H3/b22-9-/t25-/m1/s1. The summed E-state index contributed by atoms with van der Waals surface area (Å²) in [7, 11) is 3.03. The van der Waals surface area contributed by atoms with Crippen LogP contribution in [0.1, 0.15) is 37.9 Å². The van der Waals surface area contributed by atoms with Gasteiger partial charge in [0.2, 0.25) is 0 Å². The number of aromatic nitrogens is 1. The lowest BCUT2D eigenvalue weighted by Crippen LogP contribution is -2.40. The van der Waals surface area contributed by atoms with Gasteiger partial charge < -0.3 is 23.7 Å². The molecule has 1 aliphatic heterocycles. The SMILES string of the molecule is CCOC(=O)COc1c(I)cc(Br)cc1/C=c1\sc2n(c1=O)[C@H](c1cc(OC)c(OC)cc1Br)C(C(=O)OCC)=C(C)N=2. The van der Waals surface area contributed by atoms with E-state index in [1.54, 1.807) is 45.0 Å². The molecular formula is C29H27Br2IN2O8S. The molecule has 0 bridgehead atoms. The van der Waals surface area contributed by atoms with E-state index >= 15 is 0 Å². The largest absolute Gasteiger partial charge is 0.493 e. The van der Waals surface area contributed by atoms with Gasteiger partial charge in [-0.25, -0.2) is 14.6 Å². The maximum Gasteiger partial charge on any atom is 0.344 e. The summed E-state index contributed by atoms with van der Waals surface area (Å²) < 4.78 is 31.1. The molecule has 43 heavy (non-hydrogen) atoms. The highest BCUT2D eigenvalue weighted by Crippen LogP contribution is 2.41. The summed E-state index contributed by atoms with van der Waals surface area (Å²) >= 11 is 10.4. The van der Waals surface area contributed by atoms with E-state index in [2.05, 4.69) is 59.4 Å². The van der Waals surface area contributed by atoms with E-state index < -0.39 is 18.0 Å². The molecule has 0 saturated carbocycles. The van der Waals surface area contributed by atoms with Gasteiger partial charge in [-0.1, -0.05) is 43.2 Å². The van der Waals surface area contributed by atoms with Gasteiger partial charge in [0.05, 0.1) is 52.8 Å². The zero-order valence-electron chi connectivity index (χ0n) is 23.8. The van der Waals surface area contributed by atoms with Gasteiger partial charge in [-0.3, -0.25) is 9.36 Å². The van der Waals surface area contributed by atoms with E-state index in [0.717, 1.165) is 8.04 Å². The topological polar surface area (TPSA) is 115 Å². The molecule has 0 fully saturated rings. The van der Waals surface area contributed by atoms with Gasteiger partial charge in [0, 0.05) is 14.5 Å². The van der Waals surface area contributed by atoms with Crippen LogP contribution in [0.4, 0.5) is 0 Å². The van der Waals surface area contributed by atoms with Crippen molar-refractivity contribution in [3.63, 3.8) is 0 Å². The Bertz CT molecular complexity index is 1800. The fourth-order valence-corrected chi connectivity index (χ4v) is 7.76. The number of halogens is 3. The third-order valence-electron chi connectivity index (χ3n) is 6.28. The number of allylic oxidation sites excluding steroid dienone is 1. The molecule has 0 saturated heterocycles. The third kappa shape index (κ3) is 7.02. The van der Waals surface area contributed by atoms with Crippen LogP contribution in [0.3, 0.4) is 0 Å². The summed E-state index contributed by atoms with van der Waals surface area (Å²) in [5, 5.41) is 0. The van der Waals surface area contributed by atoms with E-state index in [-0.39, 0.29) is 31.0 Å². The molecule has 1 aliphatic rings. The molecule has 2 aromatic carbocycles. The molecule has 10 nitrogen and oxygen atoms in total. The Morgan fingerprint density at radius 2 is 1.74 bits per heavy atom. The number of esters is 2. The van der Waals surface area contributed by atoms with Crippen molar-refractivity contribution < 1.29 is 33.3 Å². The summed E-state index contributed by atoms with van der Waals surface area (Å²) in [4.78, 5) is 44.5. The number of benzene rings is 2. The first-order valence-corrected chi connectivity index (χ1v) is 16.4. The van der Waals surface area contributed by atoms with Crippen molar-refractivity contribution in [3.05, 3.63) is 78.9 Å². The lowest BCUT2D eigenvalue weighted by Gasteiger charge is -2.26. The number of hydrogen-bond acceptors (Lipinski definition) is 10. The minimum atomic E-state index is -0.881. The molecular weight excluding hydrogens is 823 g/mol. The van der Waals surface area contributed by atoms with Gasteiger partial charge in [-0.15, -0.1) is 0 Å². The van der Waals surface area contributed by atoms with Crippen LogP contribution in [-0.4, -0.2) is 50.5 Å². The molecule has 0 unspecified atom stereocenters. The van der Waals surface area contributed by atoms with E-state index in [1.807, 2.05) is 6.07 Å². The van der Waals surface area contributed by atoms with Gasteiger partial charge >= 0.3 is 11.9 Å². The summed E-state index contributed by atoms with van der Waals surface area (Å²) in [5.41, 5.74) is 1.42. The van der Waals surface area contributed by atoms with Crippen LogP contribution in [0.2, 0.25) is 0 Å². The Balaban J connectivity index is 1.96. The number of methoxy groups -OCH3 is 2. The normalized spacial score (nSPS) is 14.6. The molecule has 14 heteroatoms. The average Bonchev–Trinajstić information content (AvgIpc) is 3.25. The van der Waals surface area contributed by atoms with Crippen LogP contribution in [0.15, 0.2) is 54.3 Å². The molecule has 228 valence electrons. The number of carbonyl (C=O) groups is 2. The van der Waals surface area contributed by atoms with Gasteiger partial charge in [0.25, 0.3) is 5.56 Å². The first kappa shape index (κ1) is 33.2. The first-order valence-electron chi connectivity index (χ1n) is 12.9. The number of rotatable bonds is 10. The number of ether oxygens (including phenoxy) is 5. The van der Waals surface area contributed by atoms with Gasteiger partial charge in [0.1, 0.15) is 5.75 Å². The van der Waals surface area contributed by atoms with Gasteiger partial charge in [-0.2, -0.15) is 0 Å². The zero-order chi connectivity index (χ0) is 31.4. The number of fused-ring (bicyclic) bond motifs is 1. The smallest absolute Gasteiger partial charge is 0.344 e. The summed E-state index contributed by atoms with van der Waals surface area (Å²) in [6, 6.07) is 6.19. The van der Waals surface area contributed by atoms with E-state index in [9.17, 15) is 14.4 Å². The molecule has 4 rings (SSSR count). The Kier molecular flexibility index (Phi) is 11.1. The predicted molar refractivity (Wildman–Crippen MR) is 177 cm³/mol. The van der Waals surface area contributed by atoms with E-state index in [0.29, 0.717) is 47.9 Å². The first-order chi connectivity index (χ1) is 20.5. The molecule has 0 spiro atoms. The number of thiazole rings is 1. The Labute approximate surface area is 281 Å². The van der Waals surface area contributed by atoms with E-state index in [4.69, 9.17) is 23.7 Å². The van der Waals surface area contributed by atoms with Crippen molar-refractivity contribution in [1.82, 2.24) is 4.57 Å². The second kappa shape index (κ2) is 14.4. The highest BCUT2D eigenvalue weighted by Gasteiger charge is 2.35. The van der Waals surface area contributed by atoms with Crippen molar-refractivity contribution in [2.24, 2.45) is 4.99 Å². The van der Waals surface area contributed by atoms with Gasteiger partial charge in [0.15, 0.2) is 22.9 Å². The monoisotopic (exact) mass is 848 g/mol. The second-order valence-electron chi connectivity index (χ2n) is 8.93. The number of nitrogens with zero attached hydrogens (tertiary/aromatic N) is 2. The van der Waals surface area contributed by atoms with Crippen LogP contribution in [0, 0.1) is 3.57 Å². The zero-order valence-corrected chi connectivity index (χ0v) is 29.9. The fraction of sp³-hybridized carbons (Fsp3) is 0.310. The third-order valence-corrected chi connectivity index (χ3v) is 9.21. The molecule has 2 heterocycles. The minimum absolute atomic E-state index is 0.149. The number of carbonyl (C=O) groups excluding carboxylic acids is 2. The summed E-state index contributed by atoms with van der Waals surface area (Å²) in [6.45, 7) is 5.24. The minimum Gasteiger partial charge on any atom is -0.493 e. The predicted octanol–water partition coefficient (Wildman–Crippen LogP) is 4.89.